The van der Waals surface area contributed by atoms with Crippen molar-refractivity contribution in [3.05, 3.63) is 52.3 Å². The maximum Gasteiger partial charge on any atom is 0.163 e. The Morgan fingerprint density at radius 3 is 2.65 bits per heavy atom. The van der Waals surface area contributed by atoms with Gasteiger partial charge in [0.15, 0.2) is 5.79 Å². The zero-order chi connectivity index (χ0) is 25.2. The van der Waals surface area contributed by atoms with Crippen molar-refractivity contribution >= 4 is 41.3 Å². The van der Waals surface area contributed by atoms with Crippen LogP contribution in [0.3, 0.4) is 0 Å². The molecule has 1 aliphatic carbocycles. The van der Waals surface area contributed by atoms with Crippen molar-refractivity contribution in [1.82, 2.24) is 10.3 Å². The number of fused-ring (bicyclic) bond motifs is 1. The minimum Gasteiger partial charge on any atom is -0.402 e. The highest BCUT2D eigenvalue weighted by Crippen LogP contribution is 2.42. The molecule has 0 aromatic carbocycles. The predicted molar refractivity (Wildman–Crippen MR) is 140 cm³/mol. The first kappa shape index (κ1) is 26.3. The van der Waals surface area contributed by atoms with Gasteiger partial charge in [0.25, 0.3) is 0 Å². The first-order chi connectivity index (χ1) is 16.0. The monoisotopic (exact) mass is 503 g/mol. The Hall–Kier alpha value is -2.27. The summed E-state index contributed by atoms with van der Waals surface area (Å²) in [5.74, 6) is -0.530. The van der Waals surface area contributed by atoms with Gasteiger partial charge in [-0.15, -0.1) is 11.8 Å². The number of amidine groups is 1. The zero-order valence-electron chi connectivity index (χ0n) is 20.3. The Kier molecular flexibility index (Phi) is 8.18. The van der Waals surface area contributed by atoms with Crippen LogP contribution < -0.4 is 16.8 Å². The second-order valence-electron chi connectivity index (χ2n) is 8.80. The van der Waals surface area contributed by atoms with Crippen LogP contribution in [-0.2, 0) is 14.3 Å². The number of aliphatic imine (C=N–C) groups is 1. The van der Waals surface area contributed by atoms with Gasteiger partial charge in [0.05, 0.1) is 28.6 Å². The van der Waals surface area contributed by atoms with Crippen LogP contribution in [0.4, 0.5) is 5.69 Å². The van der Waals surface area contributed by atoms with Crippen LogP contribution in [-0.4, -0.2) is 47.4 Å². The highest BCUT2D eigenvalue weighted by molar-refractivity contribution is 8.03. The van der Waals surface area contributed by atoms with E-state index in [2.05, 4.69) is 23.5 Å². The third-order valence-corrected chi connectivity index (χ3v) is 7.36. The second kappa shape index (κ2) is 10.6. The number of hydrogen-bond acceptors (Lipinski definition) is 9. The number of carbonyl (C=O) groups is 1. The van der Waals surface area contributed by atoms with E-state index in [1.807, 2.05) is 33.1 Å². The number of rotatable bonds is 8. The normalized spacial score (nSPS) is 26.6. The minimum absolute atomic E-state index is 0.212. The molecule has 1 aromatic rings. The summed E-state index contributed by atoms with van der Waals surface area (Å²) in [7, 11) is 0. The summed E-state index contributed by atoms with van der Waals surface area (Å²) >= 11 is 2.82. The van der Waals surface area contributed by atoms with Gasteiger partial charge < -0.3 is 31.1 Å². The Balaban J connectivity index is 1.94. The molecule has 8 nitrogen and oxygen atoms in total. The first-order valence-corrected chi connectivity index (χ1v) is 13.0. The largest absolute Gasteiger partial charge is 0.402 e. The zero-order valence-corrected chi connectivity index (χ0v) is 21.9. The van der Waals surface area contributed by atoms with Crippen molar-refractivity contribution in [2.45, 2.75) is 63.0 Å². The number of aldehydes is 1. The molecular formula is C24H33N5O3S2. The van der Waals surface area contributed by atoms with Gasteiger partial charge in [-0.1, -0.05) is 24.9 Å². The maximum absolute atomic E-state index is 11.8. The molecule has 0 bridgehead atoms. The maximum atomic E-state index is 11.8. The summed E-state index contributed by atoms with van der Waals surface area (Å²) in [6.07, 6.45) is 4.47. The van der Waals surface area contributed by atoms with E-state index in [9.17, 15) is 4.79 Å². The molecule has 184 valence electrons. The van der Waals surface area contributed by atoms with Gasteiger partial charge in [0, 0.05) is 33.2 Å². The molecule has 1 aromatic heterocycles. The summed E-state index contributed by atoms with van der Waals surface area (Å²) in [6, 6.07) is 1.63. The number of allylic oxidation sites excluding steroid dienone is 1. The van der Waals surface area contributed by atoms with E-state index in [1.54, 1.807) is 13.1 Å². The van der Waals surface area contributed by atoms with Crippen molar-refractivity contribution in [2.24, 2.45) is 16.6 Å². The fourth-order valence-electron chi connectivity index (χ4n) is 4.17. The number of thioether (sulfide) groups is 2. The number of hydrogen-bond donors (Lipinski definition) is 3. The van der Waals surface area contributed by atoms with Crippen LogP contribution in [0, 0.1) is 12.8 Å². The predicted octanol–water partition coefficient (Wildman–Crippen LogP) is 3.74. The number of nitrogen functional groups attached to an aromatic ring is 1. The lowest BCUT2D eigenvalue weighted by molar-refractivity contribution is -0.158. The van der Waals surface area contributed by atoms with Crippen LogP contribution in [0.5, 0.6) is 0 Å². The SMILES string of the molecule is C=C(/N=C(N[C@@H]1C[C@H](C=O)[C@H]2OC(C)(C)O[C@H]21)\C(C(=C)Sc1ccnc(C)c1N)=C(\C)N)SC. The quantitative estimate of drug-likeness (QED) is 0.160. The van der Waals surface area contributed by atoms with Gasteiger partial charge in [-0.05, 0) is 46.4 Å². The lowest BCUT2D eigenvalue weighted by atomic mass is 10.1. The number of nitrogens with two attached hydrogens (primary N) is 2. The van der Waals surface area contributed by atoms with E-state index in [1.165, 1.54) is 23.5 Å². The average Bonchev–Trinajstić information content (AvgIpc) is 3.24. The lowest BCUT2D eigenvalue weighted by Gasteiger charge is -2.26. The summed E-state index contributed by atoms with van der Waals surface area (Å²) < 4.78 is 12.2. The standard InChI is InChI=1S/C24H33N5O3S2/c1-12(25)19(14(3)34-18-8-9-27-13(2)20(18)26)23(28-15(4)33-7)29-17-10-16(11-30)21-22(17)32-24(5,6)31-21/h8-9,11,16-17,21-22H,3-4,10,25-26H2,1-2,5-7H3,(H,28,29)/b19-12-/t16-,17-,21-,22+/m1/s1. The van der Waals surface area contributed by atoms with Gasteiger partial charge in [-0.3, -0.25) is 4.98 Å². The lowest BCUT2D eigenvalue weighted by Crippen LogP contribution is -2.44. The summed E-state index contributed by atoms with van der Waals surface area (Å²) in [5, 5.41) is 4.09. The van der Waals surface area contributed by atoms with E-state index >= 15 is 0 Å². The molecule has 10 heteroatoms. The molecule has 0 unspecified atom stereocenters. The number of aromatic nitrogens is 1. The molecule has 0 radical (unpaired) electrons. The van der Waals surface area contributed by atoms with Crippen LogP contribution in [0.25, 0.3) is 0 Å². The average molecular weight is 504 g/mol. The van der Waals surface area contributed by atoms with Crippen molar-refractivity contribution < 1.29 is 14.3 Å². The highest BCUT2D eigenvalue weighted by Gasteiger charge is 2.54. The molecule has 4 atom stereocenters. The molecular weight excluding hydrogens is 470 g/mol. The van der Waals surface area contributed by atoms with Crippen LogP contribution in [0.2, 0.25) is 0 Å². The molecule has 0 amide bonds. The Morgan fingerprint density at radius 1 is 1.35 bits per heavy atom. The summed E-state index contributed by atoms with van der Waals surface area (Å²) in [6.45, 7) is 15.6. The molecule has 1 aliphatic heterocycles. The van der Waals surface area contributed by atoms with Crippen molar-refractivity contribution in [3.63, 3.8) is 0 Å². The van der Waals surface area contributed by atoms with Crippen molar-refractivity contribution in [2.75, 3.05) is 12.0 Å². The van der Waals surface area contributed by atoms with E-state index in [0.29, 0.717) is 39.1 Å². The van der Waals surface area contributed by atoms with E-state index in [0.717, 1.165) is 16.9 Å². The van der Waals surface area contributed by atoms with Gasteiger partial charge in [0.1, 0.15) is 18.2 Å². The smallest absolute Gasteiger partial charge is 0.163 e. The number of ether oxygens (including phenoxy) is 2. The third-order valence-electron chi connectivity index (χ3n) is 5.77. The van der Waals surface area contributed by atoms with Crippen molar-refractivity contribution in [3.8, 4) is 0 Å². The first-order valence-electron chi connectivity index (χ1n) is 10.9. The number of nitrogens with one attached hydrogen (secondary N) is 1. The molecule has 2 heterocycles. The molecule has 0 spiro atoms. The van der Waals surface area contributed by atoms with Gasteiger partial charge in [0.2, 0.25) is 0 Å². The molecule has 2 aliphatic rings. The molecule has 5 N–H and O–H groups in total. The molecule has 1 saturated carbocycles. The Morgan fingerprint density at radius 2 is 2.03 bits per heavy atom. The van der Waals surface area contributed by atoms with Gasteiger partial charge in [-0.25, -0.2) is 4.99 Å². The summed E-state index contributed by atoms with van der Waals surface area (Å²) in [5.41, 5.74) is 15.1. The Labute approximate surface area is 209 Å². The molecule has 34 heavy (non-hydrogen) atoms. The van der Waals surface area contributed by atoms with E-state index in [4.69, 9.17) is 25.9 Å². The Bertz CT molecular complexity index is 1050. The second-order valence-corrected chi connectivity index (χ2v) is 10.8. The molecule has 1 saturated heterocycles. The van der Waals surface area contributed by atoms with Crippen molar-refractivity contribution in [1.29, 1.82) is 0 Å². The fraction of sp³-hybridized carbons (Fsp3) is 0.458. The van der Waals surface area contributed by atoms with Crippen LogP contribution in [0.1, 0.15) is 32.9 Å². The number of anilines is 1. The molecule has 3 rings (SSSR count). The molecule has 2 fully saturated rings. The highest BCUT2D eigenvalue weighted by atomic mass is 32.2. The number of carbonyl (C=O) groups excluding carboxylic acids is 1. The van der Waals surface area contributed by atoms with E-state index < -0.39 is 5.79 Å². The van der Waals surface area contributed by atoms with Gasteiger partial charge >= 0.3 is 0 Å². The minimum atomic E-state index is -0.768. The topological polar surface area (TPSA) is 125 Å². The number of nitrogens with zero attached hydrogens (tertiary/aromatic N) is 2. The van der Waals surface area contributed by atoms with Crippen LogP contribution in [0.15, 0.2) is 56.5 Å². The van der Waals surface area contributed by atoms with Crippen LogP contribution >= 0.6 is 23.5 Å². The third kappa shape index (κ3) is 5.68. The van der Waals surface area contributed by atoms with E-state index in [-0.39, 0.29) is 24.2 Å². The fourth-order valence-corrected chi connectivity index (χ4v) is 5.36. The number of pyridine rings is 1. The summed E-state index contributed by atoms with van der Waals surface area (Å²) in [4.78, 5) is 22.2. The number of aryl methyl sites for hydroxylation is 1. The van der Waals surface area contributed by atoms with Gasteiger partial charge in [-0.2, -0.15) is 0 Å².